The molecule has 0 saturated carbocycles. The van der Waals surface area contributed by atoms with E-state index in [0.717, 1.165) is 5.69 Å². The SMILES string of the molecule is CC(N)C(C)(C)Nc1cccc2ccccc12. The van der Waals surface area contributed by atoms with Gasteiger partial charge in [-0.3, -0.25) is 0 Å². The standard InChI is InChI=1S/C15H20N2/c1-11(16)15(2,3)17-14-10-6-8-12-7-4-5-9-13(12)14/h4-11,17H,16H2,1-3H3. The van der Waals surface area contributed by atoms with E-state index in [1.807, 2.05) is 6.92 Å². The van der Waals surface area contributed by atoms with Crippen molar-refractivity contribution in [1.29, 1.82) is 0 Å². The van der Waals surface area contributed by atoms with Gasteiger partial charge >= 0.3 is 0 Å². The lowest BCUT2D eigenvalue weighted by atomic mass is 9.95. The van der Waals surface area contributed by atoms with Gasteiger partial charge in [0.05, 0.1) is 0 Å². The molecule has 0 heterocycles. The van der Waals surface area contributed by atoms with Crippen LogP contribution >= 0.6 is 0 Å². The molecule has 2 nitrogen and oxygen atoms in total. The van der Waals surface area contributed by atoms with Crippen LogP contribution in [0.15, 0.2) is 42.5 Å². The fourth-order valence-electron chi connectivity index (χ4n) is 1.80. The molecule has 0 amide bonds. The monoisotopic (exact) mass is 228 g/mol. The van der Waals surface area contributed by atoms with E-state index >= 15 is 0 Å². The average Bonchev–Trinajstić information content (AvgIpc) is 2.29. The Hall–Kier alpha value is -1.54. The second-order valence-corrected chi connectivity index (χ2v) is 5.16. The van der Waals surface area contributed by atoms with Crippen molar-refractivity contribution >= 4 is 16.5 Å². The third-order valence-electron chi connectivity index (χ3n) is 3.38. The zero-order valence-corrected chi connectivity index (χ0v) is 10.7. The maximum Gasteiger partial charge on any atom is 0.0465 e. The molecule has 0 aliphatic rings. The van der Waals surface area contributed by atoms with E-state index in [9.17, 15) is 0 Å². The molecule has 2 rings (SSSR count). The van der Waals surface area contributed by atoms with Crippen LogP contribution in [0.3, 0.4) is 0 Å². The van der Waals surface area contributed by atoms with E-state index in [4.69, 9.17) is 5.73 Å². The lowest BCUT2D eigenvalue weighted by molar-refractivity contribution is 0.471. The molecule has 90 valence electrons. The molecule has 0 aromatic heterocycles. The van der Waals surface area contributed by atoms with E-state index < -0.39 is 0 Å². The van der Waals surface area contributed by atoms with E-state index in [2.05, 4.69) is 61.6 Å². The van der Waals surface area contributed by atoms with Gasteiger partial charge in [0.1, 0.15) is 0 Å². The van der Waals surface area contributed by atoms with Gasteiger partial charge in [-0.2, -0.15) is 0 Å². The molecule has 0 bridgehead atoms. The zero-order valence-electron chi connectivity index (χ0n) is 10.7. The summed E-state index contributed by atoms with van der Waals surface area (Å²) in [6.45, 7) is 6.27. The van der Waals surface area contributed by atoms with Crippen molar-refractivity contribution in [3.63, 3.8) is 0 Å². The minimum Gasteiger partial charge on any atom is -0.378 e. The first kappa shape index (κ1) is 11.9. The highest BCUT2D eigenvalue weighted by Crippen LogP contribution is 2.26. The quantitative estimate of drug-likeness (QED) is 0.845. The normalized spacial score (nSPS) is 13.6. The topological polar surface area (TPSA) is 38.0 Å². The number of anilines is 1. The predicted octanol–water partition coefficient (Wildman–Crippen LogP) is 3.38. The third kappa shape index (κ3) is 2.42. The van der Waals surface area contributed by atoms with Gasteiger partial charge in [0.15, 0.2) is 0 Å². The molecule has 0 fully saturated rings. The van der Waals surface area contributed by atoms with Gasteiger partial charge in [0.2, 0.25) is 0 Å². The van der Waals surface area contributed by atoms with Crippen LogP contribution < -0.4 is 11.1 Å². The molecular weight excluding hydrogens is 208 g/mol. The summed E-state index contributed by atoms with van der Waals surface area (Å²) in [6.07, 6.45) is 0. The van der Waals surface area contributed by atoms with Crippen molar-refractivity contribution in [3.8, 4) is 0 Å². The van der Waals surface area contributed by atoms with Crippen LogP contribution in [0.25, 0.3) is 10.8 Å². The zero-order chi connectivity index (χ0) is 12.5. The Labute approximate surface area is 103 Å². The summed E-state index contributed by atoms with van der Waals surface area (Å²) in [6, 6.07) is 14.8. The maximum atomic E-state index is 6.00. The Bertz CT molecular complexity index is 510. The van der Waals surface area contributed by atoms with Crippen LogP contribution in [0.4, 0.5) is 5.69 Å². The molecule has 1 atom stereocenters. The lowest BCUT2D eigenvalue weighted by Gasteiger charge is -2.32. The number of nitrogens with one attached hydrogen (secondary N) is 1. The molecule has 17 heavy (non-hydrogen) atoms. The summed E-state index contributed by atoms with van der Waals surface area (Å²) in [5.41, 5.74) is 7.02. The second-order valence-electron chi connectivity index (χ2n) is 5.16. The summed E-state index contributed by atoms with van der Waals surface area (Å²) in [5.74, 6) is 0. The lowest BCUT2D eigenvalue weighted by Crippen LogP contribution is -2.47. The maximum absolute atomic E-state index is 6.00. The largest absolute Gasteiger partial charge is 0.378 e. The highest BCUT2D eigenvalue weighted by atomic mass is 15.0. The van der Waals surface area contributed by atoms with Crippen LogP contribution in [-0.4, -0.2) is 11.6 Å². The van der Waals surface area contributed by atoms with E-state index in [0.29, 0.717) is 0 Å². The van der Waals surface area contributed by atoms with Crippen LogP contribution in [0.2, 0.25) is 0 Å². The van der Waals surface area contributed by atoms with Gasteiger partial charge in [-0.15, -0.1) is 0 Å². The summed E-state index contributed by atoms with van der Waals surface area (Å²) in [4.78, 5) is 0. The molecule has 0 spiro atoms. The molecule has 0 aliphatic carbocycles. The van der Waals surface area contributed by atoms with Crippen LogP contribution in [0.1, 0.15) is 20.8 Å². The molecular formula is C15H20N2. The van der Waals surface area contributed by atoms with Gasteiger partial charge < -0.3 is 11.1 Å². The fraction of sp³-hybridized carbons (Fsp3) is 0.333. The first-order valence-electron chi connectivity index (χ1n) is 6.02. The third-order valence-corrected chi connectivity index (χ3v) is 3.38. The van der Waals surface area contributed by atoms with Gasteiger partial charge in [0.25, 0.3) is 0 Å². The molecule has 3 N–H and O–H groups in total. The van der Waals surface area contributed by atoms with E-state index in [-0.39, 0.29) is 11.6 Å². The van der Waals surface area contributed by atoms with Crippen LogP contribution in [0, 0.1) is 0 Å². The number of hydrogen-bond acceptors (Lipinski definition) is 2. The molecule has 2 aromatic rings. The molecule has 0 saturated heterocycles. The van der Waals surface area contributed by atoms with Crippen molar-refractivity contribution in [3.05, 3.63) is 42.5 Å². The Kier molecular flexibility index (Phi) is 3.07. The number of benzene rings is 2. The molecule has 0 aliphatic heterocycles. The van der Waals surface area contributed by atoms with E-state index in [1.165, 1.54) is 10.8 Å². The van der Waals surface area contributed by atoms with Gasteiger partial charge in [-0.1, -0.05) is 36.4 Å². The van der Waals surface area contributed by atoms with Crippen LogP contribution in [0.5, 0.6) is 0 Å². The molecule has 2 aromatic carbocycles. The minimum absolute atomic E-state index is 0.0847. The van der Waals surface area contributed by atoms with Crippen LogP contribution in [-0.2, 0) is 0 Å². The number of hydrogen-bond donors (Lipinski definition) is 2. The van der Waals surface area contributed by atoms with Gasteiger partial charge in [-0.25, -0.2) is 0 Å². The molecule has 2 heteroatoms. The highest BCUT2D eigenvalue weighted by Gasteiger charge is 2.22. The number of nitrogens with two attached hydrogens (primary N) is 1. The minimum atomic E-state index is -0.121. The Morgan fingerprint density at radius 2 is 1.71 bits per heavy atom. The van der Waals surface area contributed by atoms with Crippen molar-refractivity contribution < 1.29 is 0 Å². The van der Waals surface area contributed by atoms with Crippen molar-refractivity contribution in [2.24, 2.45) is 5.73 Å². The molecule has 0 radical (unpaired) electrons. The van der Waals surface area contributed by atoms with Gasteiger partial charge in [-0.05, 0) is 32.2 Å². The smallest absolute Gasteiger partial charge is 0.0465 e. The Balaban J connectivity index is 2.43. The number of rotatable bonds is 3. The first-order valence-corrected chi connectivity index (χ1v) is 6.02. The Morgan fingerprint density at radius 1 is 1.06 bits per heavy atom. The highest BCUT2D eigenvalue weighted by molar-refractivity contribution is 5.94. The number of fused-ring (bicyclic) bond motifs is 1. The average molecular weight is 228 g/mol. The van der Waals surface area contributed by atoms with E-state index in [1.54, 1.807) is 0 Å². The van der Waals surface area contributed by atoms with Crippen molar-refractivity contribution in [1.82, 2.24) is 0 Å². The van der Waals surface area contributed by atoms with Crippen molar-refractivity contribution in [2.45, 2.75) is 32.4 Å². The summed E-state index contributed by atoms with van der Waals surface area (Å²) in [5, 5.41) is 6.02. The summed E-state index contributed by atoms with van der Waals surface area (Å²) < 4.78 is 0. The summed E-state index contributed by atoms with van der Waals surface area (Å²) in [7, 11) is 0. The first-order chi connectivity index (χ1) is 8.00. The fourth-order valence-corrected chi connectivity index (χ4v) is 1.80. The predicted molar refractivity (Wildman–Crippen MR) is 75.3 cm³/mol. The second kappa shape index (κ2) is 4.38. The molecule has 1 unspecified atom stereocenters. The van der Waals surface area contributed by atoms with Gasteiger partial charge in [0, 0.05) is 22.7 Å². The Morgan fingerprint density at radius 3 is 2.41 bits per heavy atom. The summed E-state index contributed by atoms with van der Waals surface area (Å²) >= 11 is 0. The van der Waals surface area contributed by atoms with Crippen molar-refractivity contribution in [2.75, 3.05) is 5.32 Å².